The maximum atomic E-state index is 9.58. The van der Waals surface area contributed by atoms with Crippen molar-refractivity contribution in [2.45, 2.75) is 32.2 Å². The summed E-state index contributed by atoms with van der Waals surface area (Å²) < 4.78 is 17.1. The first-order valence-corrected chi connectivity index (χ1v) is 8.56. The lowest BCUT2D eigenvalue weighted by Crippen LogP contribution is -2.34. The van der Waals surface area contributed by atoms with Gasteiger partial charge in [0.05, 0.1) is 18.2 Å². The van der Waals surface area contributed by atoms with Gasteiger partial charge < -0.3 is 24.3 Å². The number of benzene rings is 2. The van der Waals surface area contributed by atoms with Crippen molar-refractivity contribution in [2.24, 2.45) is 0 Å². The summed E-state index contributed by atoms with van der Waals surface area (Å²) in [6, 6.07) is 13.8. The van der Waals surface area contributed by atoms with Gasteiger partial charge in [0.1, 0.15) is 11.5 Å². The van der Waals surface area contributed by atoms with E-state index >= 15 is 0 Å². The van der Waals surface area contributed by atoms with Crippen molar-refractivity contribution in [3.63, 3.8) is 0 Å². The fourth-order valence-electron chi connectivity index (χ4n) is 2.78. The summed E-state index contributed by atoms with van der Waals surface area (Å²) in [6.45, 7) is 0.879. The molecule has 134 valence electrons. The number of rotatable bonds is 6. The molecular formula is C19H20BNO5. The van der Waals surface area contributed by atoms with Crippen molar-refractivity contribution >= 4 is 12.6 Å². The maximum absolute atomic E-state index is 9.58. The van der Waals surface area contributed by atoms with Crippen molar-refractivity contribution in [1.29, 1.82) is 5.26 Å². The van der Waals surface area contributed by atoms with Gasteiger partial charge in [-0.2, -0.15) is 5.26 Å². The second kappa shape index (κ2) is 8.83. The Bertz CT molecular complexity index is 766. The number of nitriles is 1. The molecule has 7 heteroatoms. The molecule has 0 amide bonds. The molecular weight excluding hydrogens is 333 g/mol. The van der Waals surface area contributed by atoms with Crippen molar-refractivity contribution in [3.8, 4) is 17.6 Å². The molecule has 1 atom stereocenters. The number of ether oxygens (including phenoxy) is 3. The lowest BCUT2D eigenvalue weighted by Gasteiger charge is -2.23. The molecule has 2 aromatic rings. The highest BCUT2D eigenvalue weighted by Gasteiger charge is 2.19. The molecule has 26 heavy (non-hydrogen) atoms. The Morgan fingerprint density at radius 2 is 1.88 bits per heavy atom. The van der Waals surface area contributed by atoms with Crippen LogP contribution in [0.4, 0.5) is 0 Å². The Kier molecular flexibility index (Phi) is 6.26. The minimum atomic E-state index is -1.59. The highest BCUT2D eigenvalue weighted by molar-refractivity contribution is 6.59. The molecule has 1 aliphatic heterocycles. The normalized spacial score (nSPS) is 16.7. The Morgan fingerprint density at radius 3 is 2.54 bits per heavy atom. The van der Waals surface area contributed by atoms with Crippen molar-refractivity contribution in [2.75, 3.05) is 6.61 Å². The van der Waals surface area contributed by atoms with E-state index in [1.165, 1.54) is 0 Å². The van der Waals surface area contributed by atoms with Gasteiger partial charge in [-0.15, -0.1) is 0 Å². The fraction of sp³-hybridized carbons (Fsp3) is 0.316. The van der Waals surface area contributed by atoms with E-state index < -0.39 is 7.12 Å². The molecule has 6 nitrogen and oxygen atoms in total. The highest BCUT2D eigenvalue weighted by Crippen LogP contribution is 2.23. The third-order valence-electron chi connectivity index (χ3n) is 4.17. The van der Waals surface area contributed by atoms with Gasteiger partial charge in [-0.05, 0) is 66.7 Å². The summed E-state index contributed by atoms with van der Waals surface area (Å²) in [6.07, 6.45) is 2.66. The van der Waals surface area contributed by atoms with Gasteiger partial charge in [0, 0.05) is 6.61 Å². The molecule has 1 fully saturated rings. The SMILES string of the molecule is N#Cc1ccc(Oc2ccc(B(O)O)c(COC3CCCCO3)c2)cc1. The van der Waals surface area contributed by atoms with E-state index in [0.29, 0.717) is 34.7 Å². The Hall–Kier alpha value is -2.37. The quantitative estimate of drug-likeness (QED) is 0.773. The predicted octanol–water partition coefficient (Wildman–Crippen LogP) is 2.07. The topological polar surface area (TPSA) is 91.9 Å². The van der Waals surface area contributed by atoms with E-state index in [2.05, 4.69) is 6.07 Å². The minimum absolute atomic E-state index is 0.197. The lowest BCUT2D eigenvalue weighted by atomic mass is 9.77. The first-order chi connectivity index (χ1) is 12.7. The molecule has 1 saturated heterocycles. The highest BCUT2D eigenvalue weighted by atomic mass is 16.7. The summed E-state index contributed by atoms with van der Waals surface area (Å²) in [7, 11) is -1.59. The van der Waals surface area contributed by atoms with Gasteiger partial charge in [-0.3, -0.25) is 0 Å². The molecule has 1 aliphatic rings. The first-order valence-electron chi connectivity index (χ1n) is 8.56. The van der Waals surface area contributed by atoms with Crippen molar-refractivity contribution < 1.29 is 24.3 Å². The van der Waals surface area contributed by atoms with Gasteiger partial charge in [0.2, 0.25) is 0 Å². The molecule has 1 heterocycles. The number of nitrogens with zero attached hydrogens (tertiary/aromatic N) is 1. The van der Waals surface area contributed by atoms with Crippen LogP contribution in [0.25, 0.3) is 0 Å². The minimum Gasteiger partial charge on any atom is -0.457 e. The van der Waals surface area contributed by atoms with Crippen LogP contribution in [0, 0.1) is 11.3 Å². The lowest BCUT2D eigenvalue weighted by molar-refractivity contribution is -0.168. The van der Waals surface area contributed by atoms with E-state index in [1.807, 2.05) is 0 Å². The van der Waals surface area contributed by atoms with Crippen LogP contribution in [-0.4, -0.2) is 30.1 Å². The molecule has 0 spiro atoms. The van der Waals surface area contributed by atoms with Crippen LogP contribution in [0.1, 0.15) is 30.4 Å². The number of hydrogen-bond acceptors (Lipinski definition) is 6. The van der Waals surface area contributed by atoms with E-state index in [9.17, 15) is 10.0 Å². The third-order valence-corrected chi connectivity index (χ3v) is 4.17. The van der Waals surface area contributed by atoms with Crippen molar-refractivity contribution in [3.05, 3.63) is 53.6 Å². The second-order valence-electron chi connectivity index (χ2n) is 6.08. The smallest absolute Gasteiger partial charge is 0.457 e. The Labute approximate surface area is 152 Å². The Balaban J connectivity index is 1.73. The third kappa shape index (κ3) is 4.84. The number of hydrogen-bond donors (Lipinski definition) is 2. The van der Waals surface area contributed by atoms with Gasteiger partial charge in [-0.25, -0.2) is 0 Å². The zero-order valence-corrected chi connectivity index (χ0v) is 14.3. The van der Waals surface area contributed by atoms with Gasteiger partial charge >= 0.3 is 7.12 Å². The van der Waals surface area contributed by atoms with Crippen LogP contribution < -0.4 is 10.2 Å². The van der Waals surface area contributed by atoms with Crippen LogP contribution in [-0.2, 0) is 16.1 Å². The van der Waals surface area contributed by atoms with E-state index in [0.717, 1.165) is 19.3 Å². The predicted molar refractivity (Wildman–Crippen MR) is 95.9 cm³/mol. The largest absolute Gasteiger partial charge is 0.488 e. The van der Waals surface area contributed by atoms with Crippen LogP contribution in [0.3, 0.4) is 0 Å². The molecule has 0 saturated carbocycles. The molecule has 3 rings (SSSR count). The molecule has 0 aromatic heterocycles. The summed E-state index contributed by atoms with van der Waals surface area (Å²) in [5.74, 6) is 1.13. The van der Waals surface area contributed by atoms with E-state index in [-0.39, 0.29) is 12.9 Å². The van der Waals surface area contributed by atoms with Crippen LogP contribution >= 0.6 is 0 Å². The zero-order valence-electron chi connectivity index (χ0n) is 14.3. The average molecular weight is 353 g/mol. The Morgan fingerprint density at radius 1 is 1.12 bits per heavy atom. The van der Waals surface area contributed by atoms with Crippen LogP contribution in [0.15, 0.2) is 42.5 Å². The average Bonchev–Trinajstić information content (AvgIpc) is 2.68. The van der Waals surface area contributed by atoms with Gasteiger partial charge in [-0.1, -0.05) is 6.07 Å². The summed E-state index contributed by atoms with van der Waals surface area (Å²) in [5.41, 5.74) is 1.55. The molecule has 2 aromatic carbocycles. The van der Waals surface area contributed by atoms with Crippen LogP contribution in [0.5, 0.6) is 11.5 Å². The molecule has 0 radical (unpaired) electrons. The maximum Gasteiger partial charge on any atom is 0.488 e. The fourth-order valence-corrected chi connectivity index (χ4v) is 2.78. The van der Waals surface area contributed by atoms with Gasteiger partial charge in [0.15, 0.2) is 6.29 Å². The van der Waals surface area contributed by atoms with Crippen molar-refractivity contribution in [1.82, 2.24) is 0 Å². The summed E-state index contributed by atoms with van der Waals surface area (Å²) >= 11 is 0. The second-order valence-corrected chi connectivity index (χ2v) is 6.08. The van der Waals surface area contributed by atoms with Gasteiger partial charge in [0.25, 0.3) is 0 Å². The summed E-state index contributed by atoms with van der Waals surface area (Å²) in [5, 5.41) is 28.0. The molecule has 2 N–H and O–H groups in total. The standard InChI is InChI=1S/C19H20BNO5/c21-12-14-4-6-16(7-5-14)26-17-8-9-18(20(22)23)15(11-17)13-25-19-3-1-2-10-24-19/h4-9,11,19,22-23H,1-3,10,13H2. The van der Waals surface area contributed by atoms with E-state index in [1.54, 1.807) is 42.5 Å². The van der Waals surface area contributed by atoms with E-state index in [4.69, 9.17) is 19.5 Å². The zero-order chi connectivity index (χ0) is 18.4. The molecule has 0 aliphatic carbocycles. The first kappa shape index (κ1) is 18.4. The van der Waals surface area contributed by atoms with Crippen LogP contribution in [0.2, 0.25) is 0 Å². The summed E-state index contributed by atoms with van der Waals surface area (Å²) in [4.78, 5) is 0. The monoisotopic (exact) mass is 353 g/mol. The molecule has 0 bridgehead atoms. The molecule has 1 unspecified atom stereocenters.